The van der Waals surface area contributed by atoms with Crippen LogP contribution in [0.2, 0.25) is 0 Å². The molecule has 0 radical (unpaired) electrons. The van der Waals surface area contributed by atoms with Gasteiger partial charge in [-0.2, -0.15) is 0 Å². The Bertz CT molecular complexity index is 692. The summed E-state index contributed by atoms with van der Waals surface area (Å²) in [5.41, 5.74) is 11.6. The lowest BCUT2D eigenvalue weighted by molar-refractivity contribution is 0.100. The van der Waals surface area contributed by atoms with Crippen LogP contribution in [0.1, 0.15) is 10.4 Å². The predicted octanol–water partition coefficient (Wildman–Crippen LogP) is 3.78. The number of nitrogens with two attached hydrogens (primary N) is 2. The molecule has 5 N–H and O–H groups in total. The normalized spacial score (nSPS) is 10.3. The van der Waals surface area contributed by atoms with Crippen molar-refractivity contribution in [3.8, 4) is 0 Å². The standard InChI is InChI=1S/C13H10Br2FN3O/c14-6-1-2-11(8(15)3-6)19-12-4-7(13(18)20)10(17)5-9(12)16/h1-5,19H,17H2,(H2,18,20). The van der Waals surface area contributed by atoms with E-state index in [1.807, 2.05) is 6.07 Å². The minimum absolute atomic E-state index is 0.00965. The first-order valence-electron chi connectivity index (χ1n) is 5.49. The third-order valence-electron chi connectivity index (χ3n) is 2.61. The molecular formula is C13H10Br2FN3O. The van der Waals surface area contributed by atoms with Crippen molar-refractivity contribution in [2.75, 3.05) is 11.1 Å². The minimum atomic E-state index is -0.708. The Balaban J connectivity index is 2.43. The number of rotatable bonds is 3. The van der Waals surface area contributed by atoms with Crippen LogP contribution >= 0.6 is 31.9 Å². The number of primary amides is 1. The van der Waals surface area contributed by atoms with Crippen molar-refractivity contribution in [2.24, 2.45) is 5.73 Å². The molecule has 0 saturated heterocycles. The van der Waals surface area contributed by atoms with Gasteiger partial charge in [0.05, 0.1) is 16.9 Å². The van der Waals surface area contributed by atoms with Gasteiger partial charge in [-0.3, -0.25) is 4.79 Å². The number of hydrogen-bond donors (Lipinski definition) is 3. The number of benzene rings is 2. The highest BCUT2D eigenvalue weighted by molar-refractivity contribution is 9.11. The van der Waals surface area contributed by atoms with Crippen LogP contribution in [0.25, 0.3) is 0 Å². The monoisotopic (exact) mass is 401 g/mol. The van der Waals surface area contributed by atoms with Crippen molar-refractivity contribution in [2.45, 2.75) is 0 Å². The van der Waals surface area contributed by atoms with Gasteiger partial charge >= 0.3 is 0 Å². The molecular weight excluding hydrogens is 393 g/mol. The molecule has 0 aliphatic heterocycles. The maximum Gasteiger partial charge on any atom is 0.250 e. The molecule has 104 valence electrons. The Morgan fingerprint density at radius 2 is 1.85 bits per heavy atom. The van der Waals surface area contributed by atoms with Crippen LogP contribution in [-0.4, -0.2) is 5.91 Å². The van der Waals surface area contributed by atoms with Crippen molar-refractivity contribution >= 4 is 54.8 Å². The van der Waals surface area contributed by atoms with Gasteiger partial charge in [0.2, 0.25) is 0 Å². The fraction of sp³-hybridized carbons (Fsp3) is 0. The molecule has 0 saturated carbocycles. The maximum absolute atomic E-state index is 13.9. The average Bonchev–Trinajstić information content (AvgIpc) is 2.35. The number of hydrogen-bond acceptors (Lipinski definition) is 3. The Hall–Kier alpha value is -1.60. The summed E-state index contributed by atoms with van der Waals surface area (Å²) < 4.78 is 15.5. The number of carbonyl (C=O) groups is 1. The second kappa shape index (κ2) is 5.80. The summed E-state index contributed by atoms with van der Waals surface area (Å²) in [6, 6.07) is 7.73. The molecule has 0 aliphatic rings. The third kappa shape index (κ3) is 3.10. The Labute approximate surface area is 131 Å². The molecule has 0 aromatic heterocycles. The SMILES string of the molecule is NC(=O)c1cc(Nc2ccc(Br)cc2Br)c(F)cc1N. The van der Waals surface area contributed by atoms with Gasteiger partial charge in [-0.1, -0.05) is 15.9 Å². The van der Waals surface area contributed by atoms with E-state index in [4.69, 9.17) is 11.5 Å². The molecule has 0 spiro atoms. The number of carbonyl (C=O) groups excluding carboxylic acids is 1. The highest BCUT2D eigenvalue weighted by Gasteiger charge is 2.13. The molecule has 0 unspecified atom stereocenters. The summed E-state index contributed by atoms with van der Waals surface area (Å²) in [4.78, 5) is 11.2. The van der Waals surface area contributed by atoms with Crippen molar-refractivity contribution in [1.82, 2.24) is 0 Å². The van der Waals surface area contributed by atoms with E-state index in [0.717, 1.165) is 15.0 Å². The zero-order chi connectivity index (χ0) is 14.9. The topological polar surface area (TPSA) is 81.1 Å². The van der Waals surface area contributed by atoms with E-state index in [-0.39, 0.29) is 16.9 Å². The van der Waals surface area contributed by atoms with E-state index in [2.05, 4.69) is 37.2 Å². The van der Waals surface area contributed by atoms with E-state index in [9.17, 15) is 9.18 Å². The molecule has 7 heteroatoms. The van der Waals surface area contributed by atoms with Crippen molar-refractivity contribution < 1.29 is 9.18 Å². The Morgan fingerprint density at radius 3 is 2.45 bits per heavy atom. The highest BCUT2D eigenvalue weighted by atomic mass is 79.9. The van der Waals surface area contributed by atoms with Crippen LogP contribution < -0.4 is 16.8 Å². The molecule has 0 atom stereocenters. The first-order chi connectivity index (χ1) is 9.38. The van der Waals surface area contributed by atoms with Crippen molar-refractivity contribution in [3.05, 3.63) is 50.7 Å². The zero-order valence-electron chi connectivity index (χ0n) is 10.1. The van der Waals surface area contributed by atoms with E-state index < -0.39 is 11.7 Å². The van der Waals surface area contributed by atoms with Crippen LogP contribution in [-0.2, 0) is 0 Å². The Morgan fingerprint density at radius 1 is 1.15 bits per heavy atom. The number of anilines is 3. The molecule has 0 bridgehead atoms. The van der Waals surface area contributed by atoms with Crippen LogP contribution in [0.5, 0.6) is 0 Å². The molecule has 0 fully saturated rings. The summed E-state index contributed by atoms with van der Waals surface area (Å²) >= 11 is 6.69. The molecule has 20 heavy (non-hydrogen) atoms. The van der Waals surface area contributed by atoms with Crippen LogP contribution in [0, 0.1) is 5.82 Å². The van der Waals surface area contributed by atoms with Crippen LogP contribution in [0.3, 0.4) is 0 Å². The minimum Gasteiger partial charge on any atom is -0.398 e. The predicted molar refractivity (Wildman–Crippen MR) is 84.5 cm³/mol. The fourth-order valence-electron chi connectivity index (χ4n) is 1.63. The van der Waals surface area contributed by atoms with Crippen molar-refractivity contribution in [3.63, 3.8) is 0 Å². The van der Waals surface area contributed by atoms with Gasteiger partial charge in [-0.15, -0.1) is 0 Å². The quantitative estimate of drug-likeness (QED) is 0.683. The second-order valence-corrected chi connectivity index (χ2v) is 5.80. The van der Waals surface area contributed by atoms with Gasteiger partial charge in [0.15, 0.2) is 0 Å². The molecule has 2 aromatic carbocycles. The highest BCUT2D eigenvalue weighted by Crippen LogP contribution is 2.31. The van der Waals surface area contributed by atoms with E-state index in [1.54, 1.807) is 12.1 Å². The van der Waals surface area contributed by atoms with Crippen LogP contribution in [0.4, 0.5) is 21.5 Å². The van der Waals surface area contributed by atoms with E-state index in [1.165, 1.54) is 6.07 Å². The summed E-state index contributed by atoms with van der Waals surface area (Å²) in [6.45, 7) is 0. The Kier molecular flexibility index (Phi) is 4.29. The molecule has 4 nitrogen and oxygen atoms in total. The zero-order valence-corrected chi connectivity index (χ0v) is 13.3. The summed E-state index contributed by atoms with van der Waals surface area (Å²) in [7, 11) is 0. The van der Waals surface area contributed by atoms with Gasteiger partial charge in [0, 0.05) is 14.6 Å². The first kappa shape index (κ1) is 14.8. The molecule has 0 aliphatic carbocycles. The van der Waals surface area contributed by atoms with Gasteiger partial charge in [0.25, 0.3) is 5.91 Å². The van der Waals surface area contributed by atoms with Crippen LogP contribution in [0.15, 0.2) is 39.3 Å². The lowest BCUT2D eigenvalue weighted by atomic mass is 10.1. The first-order valence-corrected chi connectivity index (χ1v) is 7.08. The average molecular weight is 403 g/mol. The molecule has 2 rings (SSSR count). The number of amides is 1. The van der Waals surface area contributed by atoms with Gasteiger partial charge < -0.3 is 16.8 Å². The summed E-state index contributed by atoms with van der Waals surface area (Å²) in [5, 5.41) is 2.88. The smallest absolute Gasteiger partial charge is 0.250 e. The number of nitrogens with one attached hydrogen (secondary N) is 1. The number of halogens is 3. The van der Waals surface area contributed by atoms with Gasteiger partial charge in [-0.05, 0) is 46.3 Å². The summed E-state index contributed by atoms with van der Waals surface area (Å²) in [6.07, 6.45) is 0. The lowest BCUT2D eigenvalue weighted by Crippen LogP contribution is -2.14. The molecule has 2 aromatic rings. The molecule has 1 amide bonds. The lowest BCUT2D eigenvalue weighted by Gasteiger charge is -2.12. The fourth-order valence-corrected chi connectivity index (χ4v) is 2.78. The van der Waals surface area contributed by atoms with Gasteiger partial charge in [-0.25, -0.2) is 4.39 Å². The van der Waals surface area contributed by atoms with Gasteiger partial charge in [0.1, 0.15) is 5.82 Å². The number of nitrogen functional groups attached to an aromatic ring is 1. The third-order valence-corrected chi connectivity index (χ3v) is 3.75. The van der Waals surface area contributed by atoms with E-state index >= 15 is 0 Å². The molecule has 0 heterocycles. The maximum atomic E-state index is 13.9. The van der Waals surface area contributed by atoms with E-state index in [0.29, 0.717) is 5.69 Å². The second-order valence-electron chi connectivity index (χ2n) is 4.03. The summed E-state index contributed by atoms with van der Waals surface area (Å²) in [5.74, 6) is -1.28. The van der Waals surface area contributed by atoms with Crippen molar-refractivity contribution in [1.29, 1.82) is 0 Å². The largest absolute Gasteiger partial charge is 0.398 e.